The molecule has 0 radical (unpaired) electrons. The number of benzene rings is 1. The molecule has 0 aliphatic carbocycles. The molecule has 2 unspecified atom stereocenters. The van der Waals surface area contributed by atoms with Gasteiger partial charge in [-0.3, -0.25) is 4.79 Å². The summed E-state index contributed by atoms with van der Waals surface area (Å²) in [5.74, 6) is 0.522. The van der Waals surface area contributed by atoms with E-state index in [9.17, 15) is 13.2 Å². The number of hydrogen-bond acceptors (Lipinski definition) is 4. The van der Waals surface area contributed by atoms with Crippen LogP contribution in [0.3, 0.4) is 0 Å². The highest BCUT2D eigenvalue weighted by Crippen LogP contribution is 2.41. The van der Waals surface area contributed by atoms with Crippen LogP contribution in [0.2, 0.25) is 0 Å². The highest BCUT2D eigenvalue weighted by Gasteiger charge is 2.49. The molecule has 0 bridgehead atoms. The fourth-order valence-electron chi connectivity index (χ4n) is 3.71. The van der Waals surface area contributed by atoms with Crippen LogP contribution in [0.5, 0.6) is 0 Å². The summed E-state index contributed by atoms with van der Waals surface area (Å²) in [6.45, 7) is 8.28. The first-order valence-corrected chi connectivity index (χ1v) is 12.3. The molecule has 1 aromatic carbocycles. The summed E-state index contributed by atoms with van der Waals surface area (Å²) in [5, 5.41) is 0.585. The molecule has 1 amide bonds. The number of thioether (sulfide) groups is 1. The Morgan fingerprint density at radius 3 is 2.37 bits per heavy atom. The lowest BCUT2D eigenvalue weighted by molar-refractivity contribution is -0.121. The van der Waals surface area contributed by atoms with E-state index >= 15 is 0 Å². The van der Waals surface area contributed by atoms with E-state index in [1.807, 2.05) is 30.9 Å². The van der Waals surface area contributed by atoms with Crippen LogP contribution in [-0.4, -0.2) is 42.3 Å². The van der Waals surface area contributed by atoms with Crippen molar-refractivity contribution in [3.05, 3.63) is 29.8 Å². The summed E-state index contributed by atoms with van der Waals surface area (Å²) in [6.07, 6.45) is 1.53. The first-order valence-electron chi connectivity index (χ1n) is 9.64. The Morgan fingerprint density at radius 2 is 1.81 bits per heavy atom. The molecule has 1 aromatic rings. The lowest BCUT2D eigenvalue weighted by Gasteiger charge is -2.25. The Balaban J connectivity index is 1.96. The number of carbonyl (C=O) groups excluding carboxylic acids is 1. The first kappa shape index (κ1) is 20.4. The molecule has 2 aliphatic rings. The van der Waals surface area contributed by atoms with Gasteiger partial charge in [-0.05, 0) is 36.5 Å². The highest BCUT2D eigenvalue weighted by molar-refractivity contribution is 8.16. The predicted molar refractivity (Wildman–Crippen MR) is 113 cm³/mol. The van der Waals surface area contributed by atoms with E-state index in [4.69, 9.17) is 0 Å². The Morgan fingerprint density at radius 1 is 1.19 bits per heavy atom. The zero-order chi connectivity index (χ0) is 19.8. The predicted octanol–water partition coefficient (Wildman–Crippen LogP) is 3.85. The molecule has 2 heterocycles. The molecule has 2 saturated heterocycles. The third kappa shape index (κ3) is 4.24. The van der Waals surface area contributed by atoms with Crippen molar-refractivity contribution in [3.63, 3.8) is 0 Å². The molecular weight excluding hydrogens is 380 g/mol. The number of amides is 1. The summed E-state index contributed by atoms with van der Waals surface area (Å²) in [4.78, 5) is 19.0. The minimum absolute atomic E-state index is 0.0620. The largest absolute Gasteiger partial charge is 0.316 e. The summed E-state index contributed by atoms with van der Waals surface area (Å²) in [6, 6.07) is 8.02. The molecule has 2 atom stereocenters. The second kappa shape index (κ2) is 7.95. The van der Waals surface area contributed by atoms with Crippen LogP contribution in [0, 0.1) is 5.92 Å². The maximum Gasteiger partial charge on any atom is 0.251 e. The molecule has 0 spiro atoms. The SMILES string of the molecule is CCC(CC)C(=O)N=C1SC2CS(=O)(=O)CC2N1c1ccc(C(C)C)cc1. The number of fused-ring (bicyclic) bond motifs is 1. The quantitative estimate of drug-likeness (QED) is 0.740. The average molecular weight is 409 g/mol. The van der Waals surface area contributed by atoms with Crippen LogP contribution in [0.1, 0.15) is 52.0 Å². The zero-order valence-electron chi connectivity index (χ0n) is 16.4. The fourth-order valence-corrected chi connectivity index (χ4v) is 7.63. The molecule has 0 saturated carbocycles. The van der Waals surface area contributed by atoms with Gasteiger partial charge in [-0.15, -0.1) is 0 Å². The van der Waals surface area contributed by atoms with E-state index in [2.05, 4.69) is 31.0 Å². The Hall–Kier alpha value is -1.34. The van der Waals surface area contributed by atoms with Gasteiger partial charge in [0.25, 0.3) is 5.91 Å². The monoisotopic (exact) mass is 408 g/mol. The van der Waals surface area contributed by atoms with Crippen molar-refractivity contribution >= 4 is 38.4 Å². The molecule has 2 fully saturated rings. The Kier molecular flexibility index (Phi) is 6.01. The summed E-state index contributed by atoms with van der Waals surface area (Å²) in [7, 11) is -3.05. The van der Waals surface area contributed by atoms with Crippen molar-refractivity contribution in [2.45, 2.75) is 57.7 Å². The van der Waals surface area contributed by atoms with Gasteiger partial charge in [0.1, 0.15) is 0 Å². The van der Waals surface area contributed by atoms with Gasteiger partial charge < -0.3 is 4.90 Å². The summed E-state index contributed by atoms with van der Waals surface area (Å²) in [5.41, 5.74) is 2.14. The Labute approximate surface area is 166 Å². The highest BCUT2D eigenvalue weighted by atomic mass is 32.2. The third-order valence-electron chi connectivity index (χ3n) is 5.45. The maximum atomic E-state index is 12.6. The van der Waals surface area contributed by atoms with Gasteiger partial charge in [0, 0.05) is 16.9 Å². The third-order valence-corrected chi connectivity index (χ3v) is 8.65. The molecule has 27 heavy (non-hydrogen) atoms. The number of nitrogens with zero attached hydrogens (tertiary/aromatic N) is 2. The van der Waals surface area contributed by atoms with Crippen molar-refractivity contribution in [1.29, 1.82) is 0 Å². The van der Waals surface area contributed by atoms with Gasteiger partial charge in [-0.1, -0.05) is 51.6 Å². The molecule has 0 aromatic heterocycles. The smallest absolute Gasteiger partial charge is 0.251 e. The van der Waals surface area contributed by atoms with Gasteiger partial charge in [0.15, 0.2) is 15.0 Å². The molecule has 2 aliphatic heterocycles. The van der Waals surface area contributed by atoms with E-state index in [0.717, 1.165) is 18.5 Å². The van der Waals surface area contributed by atoms with E-state index < -0.39 is 9.84 Å². The van der Waals surface area contributed by atoms with Gasteiger partial charge in [0.2, 0.25) is 0 Å². The van der Waals surface area contributed by atoms with E-state index in [1.165, 1.54) is 17.3 Å². The van der Waals surface area contributed by atoms with Crippen LogP contribution in [0.4, 0.5) is 5.69 Å². The number of aliphatic imine (C=N–C) groups is 1. The zero-order valence-corrected chi connectivity index (χ0v) is 18.0. The Bertz CT molecular complexity index is 827. The normalized spacial score (nSPS) is 25.6. The number of carbonyl (C=O) groups is 1. The van der Waals surface area contributed by atoms with Crippen LogP contribution >= 0.6 is 11.8 Å². The van der Waals surface area contributed by atoms with E-state index in [1.54, 1.807) is 0 Å². The number of anilines is 1. The summed E-state index contributed by atoms with van der Waals surface area (Å²) < 4.78 is 24.3. The maximum absolute atomic E-state index is 12.6. The lowest BCUT2D eigenvalue weighted by Crippen LogP contribution is -2.37. The van der Waals surface area contributed by atoms with Crippen LogP contribution in [0.15, 0.2) is 29.3 Å². The van der Waals surface area contributed by atoms with Gasteiger partial charge in [-0.2, -0.15) is 4.99 Å². The van der Waals surface area contributed by atoms with Crippen molar-refractivity contribution in [2.24, 2.45) is 10.9 Å². The van der Waals surface area contributed by atoms with Crippen LogP contribution < -0.4 is 4.90 Å². The van der Waals surface area contributed by atoms with Crippen LogP contribution in [0.25, 0.3) is 0 Å². The summed E-state index contributed by atoms with van der Waals surface area (Å²) >= 11 is 1.44. The van der Waals surface area contributed by atoms with Crippen LogP contribution in [-0.2, 0) is 14.6 Å². The van der Waals surface area contributed by atoms with E-state index in [-0.39, 0.29) is 34.6 Å². The second-order valence-electron chi connectivity index (χ2n) is 7.66. The van der Waals surface area contributed by atoms with Gasteiger partial charge in [0.05, 0.1) is 17.5 Å². The van der Waals surface area contributed by atoms with Crippen molar-refractivity contribution in [1.82, 2.24) is 0 Å². The van der Waals surface area contributed by atoms with Crippen molar-refractivity contribution in [2.75, 3.05) is 16.4 Å². The first-order chi connectivity index (χ1) is 12.8. The van der Waals surface area contributed by atoms with Gasteiger partial charge >= 0.3 is 0 Å². The number of hydrogen-bond donors (Lipinski definition) is 0. The molecule has 3 rings (SSSR count). The molecular formula is C20H28N2O3S2. The molecule has 148 valence electrons. The van der Waals surface area contributed by atoms with E-state index in [0.29, 0.717) is 11.1 Å². The van der Waals surface area contributed by atoms with Gasteiger partial charge in [-0.25, -0.2) is 8.42 Å². The topological polar surface area (TPSA) is 66.8 Å². The number of rotatable bonds is 5. The molecule has 7 heteroatoms. The average Bonchev–Trinajstić information content (AvgIpc) is 3.06. The van der Waals surface area contributed by atoms with Crippen molar-refractivity contribution in [3.8, 4) is 0 Å². The minimum Gasteiger partial charge on any atom is -0.316 e. The van der Waals surface area contributed by atoms with Crippen molar-refractivity contribution < 1.29 is 13.2 Å². The number of amidine groups is 1. The fraction of sp³-hybridized carbons (Fsp3) is 0.600. The standard InChI is InChI=1S/C20H28N2O3S2/c1-5-14(6-2)19(23)21-20-22(16-9-7-15(8-10-16)13(3)4)17-11-27(24,25)12-18(17)26-20/h7-10,13-14,17-18H,5-6,11-12H2,1-4H3. The minimum atomic E-state index is -3.05. The number of sulfone groups is 1. The second-order valence-corrected chi connectivity index (χ2v) is 11.0. The lowest BCUT2D eigenvalue weighted by atomic mass is 10.0. The molecule has 0 N–H and O–H groups in total. The molecule has 5 nitrogen and oxygen atoms in total.